The highest BCUT2D eigenvalue weighted by molar-refractivity contribution is 6.05. The molecular weight excluding hydrogens is 367 g/mol. The minimum absolute atomic E-state index is 0.0440. The first kappa shape index (κ1) is 18.0. The van der Waals surface area contributed by atoms with E-state index < -0.39 is 22.6 Å². The summed E-state index contributed by atoms with van der Waals surface area (Å²) < 4.78 is 40.2. The minimum atomic E-state index is -4.60. The van der Waals surface area contributed by atoms with Crippen LogP contribution in [0.4, 0.5) is 24.5 Å². The van der Waals surface area contributed by atoms with E-state index in [1.807, 2.05) is 0 Å². The van der Waals surface area contributed by atoms with E-state index in [1.54, 1.807) is 0 Å². The molecule has 8 nitrogen and oxygen atoms in total. The van der Waals surface area contributed by atoms with Crippen LogP contribution >= 0.6 is 0 Å². The molecule has 0 fully saturated rings. The van der Waals surface area contributed by atoms with Crippen molar-refractivity contribution in [1.29, 1.82) is 0 Å². The van der Waals surface area contributed by atoms with Crippen molar-refractivity contribution in [1.82, 2.24) is 14.8 Å². The monoisotopic (exact) mass is 377 g/mol. The lowest BCUT2D eigenvalue weighted by Gasteiger charge is -2.14. The van der Waals surface area contributed by atoms with E-state index in [0.717, 1.165) is 30.3 Å². The number of anilines is 1. The van der Waals surface area contributed by atoms with Gasteiger partial charge in [-0.2, -0.15) is 18.3 Å². The summed E-state index contributed by atoms with van der Waals surface area (Å²) in [6.45, 7) is 0. The van der Waals surface area contributed by atoms with Gasteiger partial charge in [0.25, 0.3) is 11.6 Å². The molecule has 2 aromatic carbocycles. The van der Waals surface area contributed by atoms with Crippen molar-refractivity contribution in [3.8, 4) is 5.69 Å². The highest BCUT2D eigenvalue weighted by Gasteiger charge is 2.31. The van der Waals surface area contributed by atoms with E-state index in [2.05, 4.69) is 15.4 Å². The van der Waals surface area contributed by atoms with E-state index in [9.17, 15) is 28.1 Å². The molecule has 27 heavy (non-hydrogen) atoms. The van der Waals surface area contributed by atoms with Crippen molar-refractivity contribution in [2.24, 2.45) is 0 Å². The standard InChI is InChI=1S/C16H10F3N5O3/c17-16(18,19)11-3-6-14(23-9-20-8-21-23)13(7-11)22-15(25)10-1-4-12(5-2-10)24(26)27/h1-9H,(H,22,25). The second-order valence-corrected chi connectivity index (χ2v) is 5.33. The van der Waals surface area contributed by atoms with Crippen LogP contribution in [0.1, 0.15) is 15.9 Å². The summed E-state index contributed by atoms with van der Waals surface area (Å²) in [6, 6.07) is 7.45. The second kappa shape index (κ2) is 6.86. The van der Waals surface area contributed by atoms with Gasteiger partial charge in [0.15, 0.2) is 0 Å². The molecule has 0 atom stereocenters. The molecule has 3 aromatic rings. The highest BCUT2D eigenvalue weighted by Crippen LogP contribution is 2.33. The van der Waals surface area contributed by atoms with Gasteiger partial charge >= 0.3 is 6.18 Å². The molecule has 0 saturated heterocycles. The highest BCUT2D eigenvalue weighted by atomic mass is 19.4. The van der Waals surface area contributed by atoms with Crippen LogP contribution in [0.25, 0.3) is 5.69 Å². The maximum atomic E-state index is 13.0. The summed E-state index contributed by atoms with van der Waals surface area (Å²) in [5, 5.41) is 16.9. The summed E-state index contributed by atoms with van der Waals surface area (Å²) in [5.74, 6) is -0.731. The van der Waals surface area contributed by atoms with Crippen LogP contribution in [0, 0.1) is 10.1 Å². The Hall–Kier alpha value is -3.76. The van der Waals surface area contributed by atoms with Gasteiger partial charge in [0.05, 0.1) is 21.9 Å². The summed E-state index contributed by atoms with van der Waals surface area (Å²) in [4.78, 5) is 26.1. The van der Waals surface area contributed by atoms with Crippen molar-refractivity contribution < 1.29 is 22.9 Å². The third kappa shape index (κ3) is 3.92. The van der Waals surface area contributed by atoms with Gasteiger partial charge in [0.1, 0.15) is 12.7 Å². The lowest BCUT2D eigenvalue weighted by Crippen LogP contribution is -2.15. The van der Waals surface area contributed by atoms with Crippen LogP contribution in [0.2, 0.25) is 0 Å². The van der Waals surface area contributed by atoms with Gasteiger partial charge < -0.3 is 5.32 Å². The topological polar surface area (TPSA) is 103 Å². The summed E-state index contributed by atoms with van der Waals surface area (Å²) in [7, 11) is 0. The first-order chi connectivity index (χ1) is 12.8. The fourth-order valence-electron chi connectivity index (χ4n) is 2.27. The Morgan fingerprint density at radius 3 is 2.41 bits per heavy atom. The number of amides is 1. The van der Waals surface area contributed by atoms with Gasteiger partial charge in [-0.25, -0.2) is 9.67 Å². The molecule has 0 aliphatic carbocycles. The van der Waals surface area contributed by atoms with Crippen LogP contribution in [-0.4, -0.2) is 25.6 Å². The number of carbonyl (C=O) groups excluding carboxylic acids is 1. The third-order valence-electron chi connectivity index (χ3n) is 3.58. The molecule has 0 spiro atoms. The Labute approximate surface area is 149 Å². The summed E-state index contributed by atoms with van der Waals surface area (Å²) >= 11 is 0. The number of nitro benzene ring substituents is 1. The maximum absolute atomic E-state index is 13.0. The Balaban J connectivity index is 1.96. The minimum Gasteiger partial charge on any atom is -0.320 e. The predicted octanol–water partition coefficient (Wildman–Crippen LogP) is 3.45. The fourth-order valence-corrected chi connectivity index (χ4v) is 2.27. The average molecular weight is 377 g/mol. The van der Waals surface area contributed by atoms with E-state index in [1.165, 1.54) is 29.5 Å². The van der Waals surface area contributed by atoms with Crippen LogP contribution in [0.3, 0.4) is 0 Å². The number of rotatable bonds is 4. The quantitative estimate of drug-likeness (QED) is 0.554. The number of halogens is 3. The Bertz CT molecular complexity index is 986. The average Bonchev–Trinajstić information content (AvgIpc) is 3.15. The van der Waals surface area contributed by atoms with Crippen molar-refractivity contribution in [3.63, 3.8) is 0 Å². The number of aromatic nitrogens is 3. The number of nitrogens with one attached hydrogen (secondary N) is 1. The van der Waals surface area contributed by atoms with Crippen LogP contribution in [-0.2, 0) is 6.18 Å². The molecule has 1 aromatic heterocycles. The molecule has 1 heterocycles. The van der Waals surface area contributed by atoms with Gasteiger partial charge in [-0.1, -0.05) is 0 Å². The zero-order valence-electron chi connectivity index (χ0n) is 13.3. The normalized spacial score (nSPS) is 11.2. The summed E-state index contributed by atoms with van der Waals surface area (Å²) in [6.07, 6.45) is -2.14. The van der Waals surface area contributed by atoms with E-state index >= 15 is 0 Å². The zero-order valence-corrected chi connectivity index (χ0v) is 13.3. The van der Waals surface area contributed by atoms with Gasteiger partial charge in [-0.3, -0.25) is 14.9 Å². The van der Waals surface area contributed by atoms with Crippen LogP contribution in [0.5, 0.6) is 0 Å². The van der Waals surface area contributed by atoms with E-state index in [-0.39, 0.29) is 22.6 Å². The zero-order chi connectivity index (χ0) is 19.6. The number of benzene rings is 2. The molecule has 1 N–H and O–H groups in total. The first-order valence-corrected chi connectivity index (χ1v) is 7.38. The SMILES string of the molecule is O=C(Nc1cc(C(F)(F)F)ccc1-n1cncn1)c1ccc([N+](=O)[O-])cc1. The van der Waals surface area contributed by atoms with Crippen LogP contribution in [0.15, 0.2) is 55.1 Å². The van der Waals surface area contributed by atoms with Crippen molar-refractivity contribution in [2.75, 3.05) is 5.32 Å². The maximum Gasteiger partial charge on any atom is 0.416 e. The number of nitro groups is 1. The molecular formula is C16H10F3N5O3. The Kier molecular flexibility index (Phi) is 4.59. The molecule has 11 heteroatoms. The predicted molar refractivity (Wildman–Crippen MR) is 87.4 cm³/mol. The number of non-ortho nitro benzene ring substituents is 1. The third-order valence-corrected chi connectivity index (χ3v) is 3.58. The fraction of sp³-hybridized carbons (Fsp3) is 0.0625. The van der Waals surface area contributed by atoms with Crippen molar-refractivity contribution in [2.45, 2.75) is 6.18 Å². The van der Waals surface area contributed by atoms with Gasteiger partial charge in [-0.15, -0.1) is 0 Å². The number of hydrogen-bond donors (Lipinski definition) is 1. The molecule has 3 rings (SSSR count). The van der Waals surface area contributed by atoms with Crippen molar-refractivity contribution >= 4 is 17.3 Å². The molecule has 0 radical (unpaired) electrons. The molecule has 0 unspecified atom stereocenters. The number of carbonyl (C=O) groups is 1. The lowest BCUT2D eigenvalue weighted by molar-refractivity contribution is -0.384. The number of nitrogens with zero attached hydrogens (tertiary/aromatic N) is 4. The summed E-state index contributed by atoms with van der Waals surface area (Å²) in [5.41, 5.74) is -1.09. The lowest BCUT2D eigenvalue weighted by atomic mass is 10.1. The molecule has 1 amide bonds. The molecule has 0 saturated carbocycles. The van der Waals surface area contributed by atoms with Gasteiger partial charge in [-0.05, 0) is 30.3 Å². The Morgan fingerprint density at radius 2 is 1.85 bits per heavy atom. The first-order valence-electron chi connectivity index (χ1n) is 7.38. The number of alkyl halides is 3. The number of hydrogen-bond acceptors (Lipinski definition) is 5. The van der Waals surface area contributed by atoms with Crippen LogP contribution < -0.4 is 5.32 Å². The van der Waals surface area contributed by atoms with Gasteiger partial charge in [0, 0.05) is 17.7 Å². The molecule has 0 aliphatic heterocycles. The molecule has 138 valence electrons. The molecule has 0 aliphatic rings. The van der Waals surface area contributed by atoms with Crippen molar-refractivity contribution in [3.05, 3.63) is 76.4 Å². The van der Waals surface area contributed by atoms with E-state index in [0.29, 0.717) is 0 Å². The largest absolute Gasteiger partial charge is 0.416 e. The smallest absolute Gasteiger partial charge is 0.320 e. The van der Waals surface area contributed by atoms with Gasteiger partial charge in [0.2, 0.25) is 0 Å². The Morgan fingerprint density at radius 1 is 1.15 bits per heavy atom. The van der Waals surface area contributed by atoms with E-state index in [4.69, 9.17) is 0 Å². The second-order valence-electron chi connectivity index (χ2n) is 5.33. The molecule has 0 bridgehead atoms.